The number of amides is 1. The number of sulfone groups is 1. The number of nitrogens with zero attached hydrogens (tertiary/aromatic N) is 1. The van der Waals surface area contributed by atoms with E-state index in [0.717, 1.165) is 0 Å². The summed E-state index contributed by atoms with van der Waals surface area (Å²) < 4.78 is 22.5. The number of hydrogen-bond donors (Lipinski definition) is 2. The maximum atomic E-state index is 11.8. The standard InChI is InChI=1S/C10H15N3O3S/c1-7-9(6-11-13-7)10(14)12-8-2-4-17(15,16)5-3-8/h6,8H,2-5H2,1H3,(H,11,13)(H,12,14). The Balaban J connectivity index is 1.95. The topological polar surface area (TPSA) is 91.9 Å². The number of nitrogens with one attached hydrogen (secondary N) is 2. The number of aromatic nitrogens is 2. The lowest BCUT2D eigenvalue weighted by molar-refractivity contribution is 0.0933. The average Bonchev–Trinajstić information content (AvgIpc) is 2.68. The highest BCUT2D eigenvalue weighted by atomic mass is 32.2. The minimum atomic E-state index is -2.88. The van der Waals surface area contributed by atoms with Crippen molar-refractivity contribution < 1.29 is 13.2 Å². The largest absolute Gasteiger partial charge is 0.349 e. The molecule has 2 N–H and O–H groups in total. The zero-order chi connectivity index (χ0) is 12.5. The minimum Gasteiger partial charge on any atom is -0.349 e. The average molecular weight is 257 g/mol. The lowest BCUT2D eigenvalue weighted by Crippen LogP contribution is -2.40. The molecule has 1 fully saturated rings. The summed E-state index contributed by atoms with van der Waals surface area (Å²) in [6.45, 7) is 1.77. The highest BCUT2D eigenvalue weighted by Crippen LogP contribution is 2.13. The second-order valence-electron chi connectivity index (χ2n) is 4.31. The van der Waals surface area contributed by atoms with Crippen molar-refractivity contribution in [2.24, 2.45) is 0 Å². The molecule has 0 bridgehead atoms. The first kappa shape index (κ1) is 12.1. The summed E-state index contributed by atoms with van der Waals surface area (Å²) in [5, 5.41) is 9.31. The van der Waals surface area contributed by atoms with Gasteiger partial charge in [0.1, 0.15) is 9.84 Å². The molecule has 17 heavy (non-hydrogen) atoms. The van der Waals surface area contributed by atoms with Crippen molar-refractivity contribution in [3.63, 3.8) is 0 Å². The predicted molar refractivity (Wildman–Crippen MR) is 62.5 cm³/mol. The van der Waals surface area contributed by atoms with Gasteiger partial charge in [0.15, 0.2) is 0 Å². The molecule has 2 heterocycles. The Labute approximate surface area is 99.7 Å². The van der Waals surface area contributed by atoms with Crippen LogP contribution in [0.15, 0.2) is 6.20 Å². The number of H-pyrrole nitrogens is 1. The number of carbonyl (C=O) groups is 1. The molecule has 94 valence electrons. The van der Waals surface area contributed by atoms with Crippen LogP contribution in [0.4, 0.5) is 0 Å². The zero-order valence-electron chi connectivity index (χ0n) is 9.56. The van der Waals surface area contributed by atoms with Gasteiger partial charge < -0.3 is 5.32 Å². The summed E-state index contributed by atoms with van der Waals surface area (Å²) in [7, 11) is -2.88. The number of hydrogen-bond acceptors (Lipinski definition) is 4. The van der Waals surface area contributed by atoms with Gasteiger partial charge in [-0.3, -0.25) is 9.89 Å². The van der Waals surface area contributed by atoms with E-state index in [2.05, 4.69) is 15.5 Å². The number of aryl methyl sites for hydroxylation is 1. The lowest BCUT2D eigenvalue weighted by Gasteiger charge is -2.22. The summed E-state index contributed by atoms with van der Waals surface area (Å²) in [5.41, 5.74) is 1.23. The van der Waals surface area contributed by atoms with Crippen LogP contribution < -0.4 is 5.32 Å². The highest BCUT2D eigenvalue weighted by molar-refractivity contribution is 7.91. The molecular weight excluding hydrogens is 242 g/mol. The van der Waals surface area contributed by atoms with E-state index in [4.69, 9.17) is 0 Å². The zero-order valence-corrected chi connectivity index (χ0v) is 10.4. The molecule has 6 nitrogen and oxygen atoms in total. The van der Waals surface area contributed by atoms with Crippen molar-refractivity contribution >= 4 is 15.7 Å². The fourth-order valence-corrected chi connectivity index (χ4v) is 3.37. The van der Waals surface area contributed by atoms with E-state index in [9.17, 15) is 13.2 Å². The lowest BCUT2D eigenvalue weighted by atomic mass is 10.1. The van der Waals surface area contributed by atoms with E-state index in [1.54, 1.807) is 6.92 Å². The highest BCUT2D eigenvalue weighted by Gasteiger charge is 2.25. The summed E-state index contributed by atoms with van der Waals surface area (Å²) in [6.07, 6.45) is 2.46. The molecular formula is C10H15N3O3S. The smallest absolute Gasteiger partial charge is 0.254 e. The van der Waals surface area contributed by atoms with Crippen molar-refractivity contribution in [1.82, 2.24) is 15.5 Å². The van der Waals surface area contributed by atoms with Crippen LogP contribution in [0.3, 0.4) is 0 Å². The van der Waals surface area contributed by atoms with E-state index in [1.165, 1.54) is 6.20 Å². The van der Waals surface area contributed by atoms with Crippen molar-refractivity contribution in [3.8, 4) is 0 Å². The summed E-state index contributed by atoms with van der Waals surface area (Å²) in [6, 6.07) is -0.0553. The van der Waals surface area contributed by atoms with E-state index < -0.39 is 9.84 Å². The first-order valence-corrected chi connectivity index (χ1v) is 7.31. The number of rotatable bonds is 2. The maximum Gasteiger partial charge on any atom is 0.254 e. The normalized spacial score (nSPS) is 20.1. The van der Waals surface area contributed by atoms with Crippen molar-refractivity contribution in [2.45, 2.75) is 25.8 Å². The van der Waals surface area contributed by atoms with E-state index in [-0.39, 0.29) is 23.5 Å². The van der Waals surface area contributed by atoms with Crippen LogP contribution in [0.2, 0.25) is 0 Å². The van der Waals surface area contributed by atoms with Gasteiger partial charge in [-0.15, -0.1) is 0 Å². The third-order valence-corrected chi connectivity index (χ3v) is 4.68. The second kappa shape index (κ2) is 4.48. The predicted octanol–water partition coefficient (Wildman–Crippen LogP) is 0.0251. The van der Waals surface area contributed by atoms with Gasteiger partial charge in [0.2, 0.25) is 0 Å². The van der Waals surface area contributed by atoms with E-state index in [1.807, 2.05) is 0 Å². The van der Waals surface area contributed by atoms with Gasteiger partial charge in [-0.25, -0.2) is 8.42 Å². The Hall–Kier alpha value is -1.37. The van der Waals surface area contributed by atoms with Crippen LogP contribution in [0.5, 0.6) is 0 Å². The molecule has 0 aliphatic carbocycles. The molecule has 2 rings (SSSR count). The Bertz CT molecular complexity index is 507. The summed E-state index contributed by atoms with van der Waals surface area (Å²) in [4.78, 5) is 11.8. The molecule has 0 saturated carbocycles. The number of aromatic amines is 1. The molecule has 7 heteroatoms. The first-order valence-electron chi connectivity index (χ1n) is 5.49. The summed E-state index contributed by atoms with van der Waals surface area (Å²) >= 11 is 0. The molecule has 0 aromatic carbocycles. The molecule has 0 atom stereocenters. The monoisotopic (exact) mass is 257 g/mol. The van der Waals surface area contributed by atoms with Crippen LogP contribution in [0.1, 0.15) is 28.9 Å². The van der Waals surface area contributed by atoms with E-state index in [0.29, 0.717) is 24.1 Å². The van der Waals surface area contributed by atoms with Crippen molar-refractivity contribution in [3.05, 3.63) is 17.5 Å². The molecule has 1 aromatic rings. The summed E-state index contributed by atoms with van der Waals surface area (Å²) in [5.74, 6) is 0.116. The van der Waals surface area contributed by atoms with Crippen LogP contribution in [0, 0.1) is 6.92 Å². The van der Waals surface area contributed by atoms with Crippen molar-refractivity contribution in [1.29, 1.82) is 0 Å². The fraction of sp³-hybridized carbons (Fsp3) is 0.600. The number of carbonyl (C=O) groups excluding carboxylic acids is 1. The molecule has 1 aliphatic heterocycles. The minimum absolute atomic E-state index is 0.0553. The van der Waals surface area contributed by atoms with Crippen LogP contribution in [-0.4, -0.2) is 42.1 Å². The molecule has 0 unspecified atom stereocenters. The molecule has 1 aliphatic rings. The molecule has 1 aromatic heterocycles. The van der Waals surface area contributed by atoms with Crippen LogP contribution in [0.25, 0.3) is 0 Å². The third kappa shape index (κ3) is 2.85. The Morgan fingerprint density at radius 3 is 2.65 bits per heavy atom. The quantitative estimate of drug-likeness (QED) is 0.781. The molecule has 0 radical (unpaired) electrons. The molecule has 0 spiro atoms. The Morgan fingerprint density at radius 2 is 2.12 bits per heavy atom. The third-order valence-electron chi connectivity index (χ3n) is 2.96. The van der Waals surface area contributed by atoms with Gasteiger partial charge in [-0.2, -0.15) is 5.10 Å². The second-order valence-corrected chi connectivity index (χ2v) is 6.61. The SMILES string of the molecule is Cc1[nH]ncc1C(=O)NC1CCS(=O)(=O)CC1. The van der Waals surface area contributed by atoms with Gasteiger partial charge in [-0.05, 0) is 19.8 Å². The van der Waals surface area contributed by atoms with Crippen LogP contribution in [-0.2, 0) is 9.84 Å². The first-order chi connectivity index (χ1) is 7.98. The van der Waals surface area contributed by atoms with Gasteiger partial charge in [0, 0.05) is 11.7 Å². The fourth-order valence-electron chi connectivity index (χ4n) is 1.88. The van der Waals surface area contributed by atoms with Gasteiger partial charge in [-0.1, -0.05) is 0 Å². The molecule has 1 saturated heterocycles. The van der Waals surface area contributed by atoms with Gasteiger partial charge in [0.25, 0.3) is 5.91 Å². The van der Waals surface area contributed by atoms with Crippen molar-refractivity contribution in [2.75, 3.05) is 11.5 Å². The Kier molecular flexibility index (Phi) is 3.19. The van der Waals surface area contributed by atoms with Gasteiger partial charge >= 0.3 is 0 Å². The Morgan fingerprint density at radius 1 is 1.47 bits per heavy atom. The maximum absolute atomic E-state index is 11.8. The van der Waals surface area contributed by atoms with Gasteiger partial charge in [0.05, 0.1) is 23.3 Å². The molecule has 1 amide bonds. The van der Waals surface area contributed by atoms with Crippen LogP contribution >= 0.6 is 0 Å². The van der Waals surface area contributed by atoms with E-state index >= 15 is 0 Å².